The molecular weight excluding hydrogens is 192 g/mol. The van der Waals surface area contributed by atoms with Crippen LogP contribution in [0.5, 0.6) is 5.75 Å². The van der Waals surface area contributed by atoms with Gasteiger partial charge in [0.15, 0.2) is 0 Å². The lowest BCUT2D eigenvalue weighted by atomic mass is 10.2. The van der Waals surface area contributed by atoms with Crippen molar-refractivity contribution in [2.75, 3.05) is 7.11 Å². The molecule has 0 radical (unpaired) electrons. The number of benzene rings is 1. The van der Waals surface area contributed by atoms with E-state index < -0.39 is 5.97 Å². The van der Waals surface area contributed by atoms with Gasteiger partial charge in [0, 0.05) is 0 Å². The van der Waals surface area contributed by atoms with Crippen LogP contribution in [0.2, 0.25) is 0 Å². The first kappa shape index (κ1) is 11.3. The lowest BCUT2D eigenvalue weighted by Gasteiger charge is -2.15. The van der Waals surface area contributed by atoms with Crippen LogP contribution in [0, 0.1) is 0 Å². The van der Waals surface area contributed by atoms with Gasteiger partial charge in [0.05, 0.1) is 12.7 Å². The first-order chi connectivity index (χ1) is 7.15. The molecule has 1 rings (SSSR count). The highest BCUT2D eigenvalue weighted by Crippen LogP contribution is 2.14. The molecule has 0 aliphatic heterocycles. The predicted octanol–water partition coefficient (Wildman–Crippen LogP) is 2.18. The average molecular weight is 206 g/mol. The summed E-state index contributed by atoms with van der Waals surface area (Å²) in [6.07, 6.45) is -0.389. The van der Waals surface area contributed by atoms with E-state index >= 15 is 0 Å². The van der Waals surface area contributed by atoms with Crippen molar-refractivity contribution < 1.29 is 14.3 Å². The zero-order valence-electron chi connectivity index (χ0n) is 8.90. The number of rotatable bonds is 4. The van der Waals surface area contributed by atoms with Crippen molar-refractivity contribution >= 4 is 5.97 Å². The molecule has 0 aliphatic rings. The highest BCUT2D eigenvalue weighted by molar-refractivity contribution is 5.88. The zero-order valence-corrected chi connectivity index (χ0v) is 8.90. The van der Waals surface area contributed by atoms with Gasteiger partial charge in [-0.3, -0.25) is 0 Å². The second-order valence-electron chi connectivity index (χ2n) is 3.09. The Labute approximate surface area is 89.3 Å². The second-order valence-corrected chi connectivity index (χ2v) is 3.09. The van der Waals surface area contributed by atoms with Crippen LogP contribution in [0.15, 0.2) is 42.5 Å². The third kappa shape index (κ3) is 3.13. The molecule has 3 heteroatoms. The summed E-state index contributed by atoms with van der Waals surface area (Å²) >= 11 is 0. The van der Waals surface area contributed by atoms with Gasteiger partial charge in [0.25, 0.3) is 0 Å². The van der Waals surface area contributed by atoms with E-state index in [-0.39, 0.29) is 6.10 Å². The molecule has 1 aromatic carbocycles. The van der Waals surface area contributed by atoms with Gasteiger partial charge in [-0.15, -0.1) is 0 Å². The van der Waals surface area contributed by atoms with E-state index in [0.29, 0.717) is 11.3 Å². The molecule has 1 atom stereocenters. The smallest absolute Gasteiger partial charge is 0.336 e. The number of hydrogen-bond donors (Lipinski definition) is 0. The fourth-order valence-electron chi connectivity index (χ4n) is 1.07. The number of ether oxygens (including phenoxy) is 2. The Morgan fingerprint density at radius 3 is 2.47 bits per heavy atom. The quantitative estimate of drug-likeness (QED) is 0.559. The molecule has 0 N–H and O–H groups in total. The van der Waals surface area contributed by atoms with Crippen molar-refractivity contribution in [2.24, 2.45) is 0 Å². The Morgan fingerprint density at radius 1 is 1.33 bits per heavy atom. The molecule has 1 unspecified atom stereocenters. The van der Waals surface area contributed by atoms with Crippen molar-refractivity contribution in [2.45, 2.75) is 13.0 Å². The summed E-state index contributed by atoms with van der Waals surface area (Å²) in [5, 5.41) is 0. The first-order valence-electron chi connectivity index (χ1n) is 4.64. The maximum atomic E-state index is 11.1. The zero-order chi connectivity index (χ0) is 11.3. The normalized spacial score (nSPS) is 11.6. The molecule has 0 saturated heterocycles. The molecule has 0 spiro atoms. The van der Waals surface area contributed by atoms with Crippen LogP contribution >= 0.6 is 0 Å². The van der Waals surface area contributed by atoms with Crippen LogP contribution in [-0.2, 0) is 9.53 Å². The minimum absolute atomic E-state index is 0.307. The fourth-order valence-corrected chi connectivity index (χ4v) is 1.07. The summed E-state index contributed by atoms with van der Waals surface area (Å²) in [5.41, 5.74) is 0.307. The van der Waals surface area contributed by atoms with Crippen LogP contribution in [0.25, 0.3) is 0 Å². The summed E-state index contributed by atoms with van der Waals surface area (Å²) in [6, 6.07) is 9.26. The van der Waals surface area contributed by atoms with Crippen LogP contribution in [0.3, 0.4) is 0 Å². The number of esters is 1. The molecule has 0 fully saturated rings. The van der Waals surface area contributed by atoms with E-state index in [1.165, 1.54) is 7.11 Å². The molecule has 0 saturated carbocycles. The lowest BCUT2D eigenvalue weighted by Crippen LogP contribution is -2.21. The fraction of sp³-hybridized carbons (Fsp3) is 0.250. The van der Waals surface area contributed by atoms with Crippen LogP contribution in [-0.4, -0.2) is 19.2 Å². The van der Waals surface area contributed by atoms with Crippen molar-refractivity contribution in [3.8, 4) is 5.75 Å². The SMILES string of the molecule is C=C(C(=O)OC)C(C)Oc1ccccc1. The summed E-state index contributed by atoms with van der Waals surface area (Å²) in [4.78, 5) is 11.1. The van der Waals surface area contributed by atoms with E-state index in [2.05, 4.69) is 11.3 Å². The van der Waals surface area contributed by atoms with Gasteiger partial charge >= 0.3 is 5.97 Å². The molecule has 1 aromatic rings. The highest BCUT2D eigenvalue weighted by Gasteiger charge is 2.16. The van der Waals surface area contributed by atoms with Crippen LogP contribution in [0.1, 0.15) is 6.92 Å². The molecule has 3 nitrogen and oxygen atoms in total. The molecule has 0 heterocycles. The number of hydrogen-bond acceptors (Lipinski definition) is 3. The molecule has 15 heavy (non-hydrogen) atoms. The van der Waals surface area contributed by atoms with E-state index in [1.54, 1.807) is 6.92 Å². The minimum Gasteiger partial charge on any atom is -0.486 e. The van der Waals surface area contributed by atoms with E-state index in [1.807, 2.05) is 30.3 Å². The Morgan fingerprint density at radius 2 is 1.93 bits per heavy atom. The van der Waals surface area contributed by atoms with Gasteiger partial charge < -0.3 is 9.47 Å². The topological polar surface area (TPSA) is 35.5 Å². The van der Waals surface area contributed by atoms with Crippen LogP contribution < -0.4 is 4.74 Å². The van der Waals surface area contributed by atoms with E-state index in [4.69, 9.17) is 4.74 Å². The van der Waals surface area contributed by atoms with Gasteiger partial charge in [-0.25, -0.2) is 4.79 Å². The number of carbonyl (C=O) groups is 1. The summed E-state index contributed by atoms with van der Waals surface area (Å²) in [6.45, 7) is 5.38. The van der Waals surface area contributed by atoms with E-state index in [9.17, 15) is 4.79 Å². The van der Waals surface area contributed by atoms with Gasteiger partial charge in [-0.2, -0.15) is 0 Å². The maximum Gasteiger partial charge on any atom is 0.336 e. The third-order valence-corrected chi connectivity index (χ3v) is 1.99. The molecule has 80 valence electrons. The van der Waals surface area contributed by atoms with Crippen molar-refractivity contribution in [3.63, 3.8) is 0 Å². The lowest BCUT2D eigenvalue weighted by molar-refractivity contribution is -0.136. The number of methoxy groups -OCH3 is 1. The highest BCUT2D eigenvalue weighted by atomic mass is 16.5. The molecular formula is C12H14O3. The minimum atomic E-state index is -0.446. The third-order valence-electron chi connectivity index (χ3n) is 1.99. The molecule has 0 aliphatic carbocycles. The average Bonchev–Trinajstić information content (AvgIpc) is 2.28. The molecule has 0 bridgehead atoms. The Hall–Kier alpha value is -1.77. The van der Waals surface area contributed by atoms with Gasteiger partial charge in [-0.05, 0) is 19.1 Å². The monoisotopic (exact) mass is 206 g/mol. The van der Waals surface area contributed by atoms with Crippen molar-refractivity contribution in [1.29, 1.82) is 0 Å². The summed E-state index contributed by atoms with van der Waals surface area (Å²) < 4.78 is 10.1. The summed E-state index contributed by atoms with van der Waals surface area (Å²) in [7, 11) is 1.32. The van der Waals surface area contributed by atoms with Crippen LogP contribution in [0.4, 0.5) is 0 Å². The Balaban J connectivity index is 2.60. The van der Waals surface area contributed by atoms with Crippen molar-refractivity contribution in [3.05, 3.63) is 42.5 Å². The van der Waals surface area contributed by atoms with Gasteiger partial charge in [0.1, 0.15) is 11.9 Å². The second kappa shape index (κ2) is 5.20. The van der Waals surface area contributed by atoms with Crippen molar-refractivity contribution in [1.82, 2.24) is 0 Å². The standard InChI is InChI=1S/C12H14O3/c1-9(12(13)14-3)10(2)15-11-7-5-4-6-8-11/h4-8,10H,1H2,2-3H3. The largest absolute Gasteiger partial charge is 0.486 e. The maximum absolute atomic E-state index is 11.1. The Kier molecular flexibility index (Phi) is 3.92. The predicted molar refractivity (Wildman–Crippen MR) is 57.7 cm³/mol. The molecule has 0 aromatic heterocycles. The summed E-state index contributed by atoms with van der Waals surface area (Å²) in [5.74, 6) is 0.258. The number of para-hydroxylation sites is 1. The Bertz CT molecular complexity index is 343. The number of carbonyl (C=O) groups excluding carboxylic acids is 1. The van der Waals surface area contributed by atoms with Gasteiger partial charge in [-0.1, -0.05) is 24.8 Å². The molecule has 0 amide bonds. The van der Waals surface area contributed by atoms with E-state index in [0.717, 1.165) is 0 Å². The first-order valence-corrected chi connectivity index (χ1v) is 4.64. The van der Waals surface area contributed by atoms with Gasteiger partial charge in [0.2, 0.25) is 0 Å².